The number of carbonyl (C=O) groups excluding carboxylic acids is 1. The minimum absolute atomic E-state index is 0.0118. The van der Waals surface area contributed by atoms with Crippen molar-refractivity contribution >= 4 is 38.5 Å². The van der Waals surface area contributed by atoms with Gasteiger partial charge < -0.3 is 14.2 Å². The highest BCUT2D eigenvalue weighted by Crippen LogP contribution is 2.25. The molecule has 1 N–H and O–H groups in total. The Balaban J connectivity index is 1.55. The van der Waals surface area contributed by atoms with Gasteiger partial charge in [-0.3, -0.25) is 10.1 Å². The highest BCUT2D eigenvalue weighted by molar-refractivity contribution is 7.91. The molecule has 3 rings (SSSR count). The first-order valence-corrected chi connectivity index (χ1v) is 12.8. The van der Waals surface area contributed by atoms with Crippen molar-refractivity contribution in [3.8, 4) is 23.3 Å². The standard InChI is InChI=1S/C23H22N4O6S2/c1-3-35(29,30)23-26-22(34-27-23)25-21(28)17(15-24)14-16-8-10-18(11-9-16)32-12-13-33-20-7-5-4-6-19(20)31-2/h4-11,14H,3,12-13H2,1-2H3,(H,25,26,27,28). The Labute approximate surface area is 206 Å². The van der Waals surface area contributed by atoms with Gasteiger partial charge in [0, 0.05) is 11.5 Å². The SMILES string of the molecule is CCS(=O)(=O)c1nsc(NC(=O)C(C#N)=Cc2ccc(OCCOc3ccccc3OC)cc2)n1. The van der Waals surface area contributed by atoms with Crippen molar-refractivity contribution in [1.82, 2.24) is 9.36 Å². The van der Waals surface area contributed by atoms with E-state index in [0.717, 1.165) is 11.5 Å². The summed E-state index contributed by atoms with van der Waals surface area (Å²) in [7, 11) is -2.01. The quantitative estimate of drug-likeness (QED) is 0.232. The van der Waals surface area contributed by atoms with Crippen LogP contribution in [0.25, 0.3) is 6.08 Å². The maximum atomic E-state index is 12.4. The molecular weight excluding hydrogens is 492 g/mol. The molecule has 12 heteroatoms. The van der Waals surface area contributed by atoms with Gasteiger partial charge in [0.05, 0.1) is 12.9 Å². The number of anilines is 1. The minimum atomic E-state index is -3.59. The normalized spacial score (nSPS) is 11.4. The van der Waals surface area contributed by atoms with Crippen molar-refractivity contribution in [3.05, 3.63) is 59.7 Å². The van der Waals surface area contributed by atoms with Crippen LogP contribution in [-0.2, 0) is 14.6 Å². The lowest BCUT2D eigenvalue weighted by molar-refractivity contribution is -0.112. The third-order valence-electron chi connectivity index (χ3n) is 4.52. The predicted molar refractivity (Wildman–Crippen MR) is 130 cm³/mol. The van der Waals surface area contributed by atoms with Gasteiger partial charge in [0.25, 0.3) is 11.1 Å². The molecule has 0 saturated heterocycles. The Kier molecular flexibility index (Phi) is 8.77. The lowest BCUT2D eigenvalue weighted by atomic mass is 10.1. The van der Waals surface area contributed by atoms with E-state index in [9.17, 15) is 18.5 Å². The molecule has 35 heavy (non-hydrogen) atoms. The number of amides is 1. The summed E-state index contributed by atoms with van der Waals surface area (Å²) in [4.78, 5) is 16.2. The largest absolute Gasteiger partial charge is 0.493 e. The average molecular weight is 515 g/mol. The van der Waals surface area contributed by atoms with Crippen LogP contribution in [0.5, 0.6) is 17.2 Å². The Morgan fingerprint density at radius 1 is 1.11 bits per heavy atom. The summed E-state index contributed by atoms with van der Waals surface area (Å²) in [5, 5.41) is 11.4. The summed E-state index contributed by atoms with van der Waals surface area (Å²) in [6.07, 6.45) is 1.40. The highest BCUT2D eigenvalue weighted by Gasteiger charge is 2.20. The van der Waals surface area contributed by atoms with E-state index in [0.29, 0.717) is 36.0 Å². The number of nitrogens with one attached hydrogen (secondary N) is 1. The Hall–Kier alpha value is -3.95. The van der Waals surface area contributed by atoms with Crippen LogP contribution in [0.4, 0.5) is 5.13 Å². The van der Waals surface area contributed by atoms with E-state index in [-0.39, 0.29) is 21.6 Å². The fraction of sp³-hybridized carbons (Fsp3) is 0.217. The van der Waals surface area contributed by atoms with Gasteiger partial charge >= 0.3 is 0 Å². The maximum Gasteiger partial charge on any atom is 0.268 e. The van der Waals surface area contributed by atoms with Crippen LogP contribution in [0.1, 0.15) is 12.5 Å². The molecular formula is C23H22N4O6S2. The highest BCUT2D eigenvalue weighted by atomic mass is 32.2. The summed E-state index contributed by atoms with van der Waals surface area (Å²) in [5.41, 5.74) is 0.416. The molecule has 0 aliphatic rings. The topological polar surface area (TPSA) is 140 Å². The van der Waals surface area contributed by atoms with Gasteiger partial charge in [0.15, 0.2) is 11.5 Å². The van der Waals surface area contributed by atoms with Gasteiger partial charge in [0.2, 0.25) is 15.0 Å². The third-order valence-corrected chi connectivity index (χ3v) is 6.77. The Bertz CT molecular complexity index is 1340. The Morgan fingerprint density at radius 3 is 2.46 bits per heavy atom. The number of rotatable bonds is 11. The summed E-state index contributed by atoms with van der Waals surface area (Å²) in [6, 6.07) is 15.9. The van der Waals surface area contributed by atoms with Gasteiger partial charge in [-0.05, 0) is 35.9 Å². The molecule has 1 aromatic heterocycles. The van der Waals surface area contributed by atoms with E-state index in [2.05, 4.69) is 14.7 Å². The van der Waals surface area contributed by atoms with E-state index >= 15 is 0 Å². The molecule has 2 aromatic carbocycles. The fourth-order valence-electron chi connectivity index (χ4n) is 2.71. The number of nitriles is 1. The van der Waals surface area contributed by atoms with Crippen LogP contribution in [0.3, 0.4) is 0 Å². The van der Waals surface area contributed by atoms with Crippen LogP contribution >= 0.6 is 11.5 Å². The molecule has 0 atom stereocenters. The second kappa shape index (κ2) is 12.0. The molecule has 0 aliphatic carbocycles. The average Bonchev–Trinajstić information content (AvgIpc) is 3.35. The number of hydrogen-bond acceptors (Lipinski definition) is 10. The number of ether oxygens (including phenoxy) is 3. The summed E-state index contributed by atoms with van der Waals surface area (Å²) in [6.45, 7) is 2.09. The number of nitrogens with zero attached hydrogens (tertiary/aromatic N) is 3. The zero-order valence-corrected chi connectivity index (χ0v) is 20.6. The van der Waals surface area contributed by atoms with Crippen LogP contribution in [-0.4, -0.2) is 49.8 Å². The second-order valence-corrected chi connectivity index (χ2v) is 9.75. The van der Waals surface area contributed by atoms with Crippen molar-refractivity contribution in [3.63, 3.8) is 0 Å². The number of benzene rings is 2. The molecule has 0 fully saturated rings. The first kappa shape index (κ1) is 25.7. The first-order chi connectivity index (χ1) is 16.9. The number of para-hydroxylation sites is 2. The smallest absolute Gasteiger partial charge is 0.268 e. The van der Waals surface area contributed by atoms with Gasteiger partial charge in [-0.1, -0.05) is 31.2 Å². The number of hydrogen-bond donors (Lipinski definition) is 1. The minimum Gasteiger partial charge on any atom is -0.493 e. The van der Waals surface area contributed by atoms with Gasteiger partial charge in [-0.25, -0.2) is 8.42 Å². The Morgan fingerprint density at radius 2 is 1.80 bits per heavy atom. The fourth-order valence-corrected chi connectivity index (χ4v) is 4.29. The van der Waals surface area contributed by atoms with E-state index in [1.165, 1.54) is 13.0 Å². The maximum absolute atomic E-state index is 12.4. The van der Waals surface area contributed by atoms with E-state index < -0.39 is 15.7 Å². The number of aromatic nitrogens is 2. The van der Waals surface area contributed by atoms with Crippen molar-refractivity contribution in [2.24, 2.45) is 0 Å². The van der Waals surface area contributed by atoms with Crippen molar-refractivity contribution in [1.29, 1.82) is 5.26 Å². The second-order valence-electron chi connectivity index (χ2n) is 6.83. The molecule has 0 saturated carbocycles. The molecule has 0 radical (unpaired) electrons. The summed E-state index contributed by atoms with van der Waals surface area (Å²) >= 11 is 0.724. The monoisotopic (exact) mass is 514 g/mol. The van der Waals surface area contributed by atoms with Crippen LogP contribution in [0.15, 0.2) is 59.3 Å². The predicted octanol–water partition coefficient (Wildman–Crippen LogP) is 3.34. The van der Waals surface area contributed by atoms with Crippen molar-refractivity contribution < 1.29 is 27.4 Å². The number of carbonyl (C=O) groups is 1. The van der Waals surface area contributed by atoms with Gasteiger partial charge in [-0.15, -0.1) is 0 Å². The molecule has 3 aromatic rings. The van der Waals surface area contributed by atoms with Crippen molar-refractivity contribution in [2.45, 2.75) is 12.1 Å². The number of methoxy groups -OCH3 is 1. The summed E-state index contributed by atoms with van der Waals surface area (Å²) < 4.78 is 43.9. The molecule has 182 valence electrons. The molecule has 10 nitrogen and oxygen atoms in total. The van der Waals surface area contributed by atoms with Crippen LogP contribution in [0, 0.1) is 11.3 Å². The van der Waals surface area contributed by atoms with E-state index in [4.69, 9.17) is 14.2 Å². The zero-order valence-electron chi connectivity index (χ0n) is 18.9. The van der Waals surface area contributed by atoms with Gasteiger partial charge in [0.1, 0.15) is 30.6 Å². The van der Waals surface area contributed by atoms with Crippen molar-refractivity contribution in [2.75, 3.05) is 31.4 Å². The lowest BCUT2D eigenvalue weighted by Crippen LogP contribution is -2.13. The van der Waals surface area contributed by atoms with Crippen LogP contribution in [0.2, 0.25) is 0 Å². The van der Waals surface area contributed by atoms with E-state index in [1.54, 1.807) is 43.5 Å². The molecule has 1 amide bonds. The van der Waals surface area contributed by atoms with E-state index in [1.807, 2.05) is 18.2 Å². The van der Waals surface area contributed by atoms with Gasteiger partial charge in [-0.2, -0.15) is 14.6 Å². The summed E-state index contributed by atoms with van der Waals surface area (Å²) in [5.74, 6) is 0.969. The number of sulfone groups is 1. The first-order valence-electron chi connectivity index (χ1n) is 10.3. The lowest BCUT2D eigenvalue weighted by Gasteiger charge is -2.11. The molecule has 0 spiro atoms. The molecule has 0 bridgehead atoms. The molecule has 0 aliphatic heterocycles. The molecule has 0 unspecified atom stereocenters. The third kappa shape index (κ3) is 7.02. The zero-order chi connectivity index (χ0) is 25.3. The molecule has 1 heterocycles. The van der Waals surface area contributed by atoms with Crippen LogP contribution < -0.4 is 19.5 Å².